The number of hydrogen-bond donors (Lipinski definition) is 1. The molecule has 4 aliphatic rings. The van der Waals surface area contributed by atoms with Gasteiger partial charge in [-0.3, -0.25) is 9.36 Å². The second-order valence-corrected chi connectivity index (χ2v) is 13.3. The first kappa shape index (κ1) is 27.8. The van der Waals surface area contributed by atoms with Gasteiger partial charge in [0.15, 0.2) is 23.2 Å². The van der Waals surface area contributed by atoms with Gasteiger partial charge in [0.25, 0.3) is 14.4 Å². The summed E-state index contributed by atoms with van der Waals surface area (Å²) in [6, 6.07) is 11.5. The van der Waals surface area contributed by atoms with Crippen LogP contribution in [0.25, 0.3) is 11.2 Å². The highest BCUT2D eigenvalue weighted by Gasteiger charge is 3.05. The molecule has 2 aliphatic carbocycles. The fraction of sp³-hybridized carbons (Fsp3) is 0.552. The molecular weight excluding hydrogens is 557 g/mol. The lowest BCUT2D eigenvalue weighted by molar-refractivity contribution is -0.129. The molecule has 1 N–H and O–H groups in total. The Hall–Kier alpha value is -3.04. The normalized spacial score (nSPS) is 30.9. The maximum Gasteiger partial charge on any atom is 0.259 e. The van der Waals surface area contributed by atoms with E-state index in [-0.39, 0.29) is 29.5 Å². The SMILES string of the molecule is CC(C)N(C(C)C)P(OCCC#N)OC[C@]12O[C@@H](n3cnc4c(NC(=O)c5ccccc5)ncnc43)[C@@H]3OCC4C1[C@]432. The molecule has 1 aromatic carbocycles. The van der Waals surface area contributed by atoms with Gasteiger partial charge in [-0.25, -0.2) is 19.6 Å². The molecule has 1 spiro atoms. The van der Waals surface area contributed by atoms with E-state index in [1.807, 2.05) is 22.8 Å². The van der Waals surface area contributed by atoms with E-state index in [0.29, 0.717) is 60.6 Å². The monoisotopic (exact) mass is 591 g/mol. The van der Waals surface area contributed by atoms with Crippen molar-refractivity contribution in [1.82, 2.24) is 24.2 Å². The number of hydrogen-bond acceptors (Lipinski definition) is 10. The summed E-state index contributed by atoms with van der Waals surface area (Å²) >= 11 is 0. The zero-order chi connectivity index (χ0) is 29.2. The van der Waals surface area contributed by atoms with Gasteiger partial charge in [0.2, 0.25) is 0 Å². The molecule has 3 aromatic rings. The topological polar surface area (TPSA) is 137 Å². The van der Waals surface area contributed by atoms with Crippen LogP contribution in [-0.2, 0) is 18.5 Å². The lowest BCUT2D eigenvalue weighted by Crippen LogP contribution is -2.37. The van der Waals surface area contributed by atoms with Gasteiger partial charge in [0.05, 0.1) is 38.6 Å². The molecule has 42 heavy (non-hydrogen) atoms. The summed E-state index contributed by atoms with van der Waals surface area (Å²) in [4.78, 5) is 26.2. The minimum Gasteiger partial charge on any atom is -0.372 e. The predicted octanol–water partition coefficient (Wildman–Crippen LogP) is 4.28. The van der Waals surface area contributed by atoms with E-state index in [1.54, 1.807) is 18.5 Å². The fourth-order valence-electron chi connectivity index (χ4n) is 7.40. The Morgan fingerprint density at radius 3 is 2.74 bits per heavy atom. The highest BCUT2D eigenvalue weighted by molar-refractivity contribution is 7.44. The Kier molecular flexibility index (Phi) is 6.81. The van der Waals surface area contributed by atoms with Gasteiger partial charge >= 0.3 is 0 Å². The summed E-state index contributed by atoms with van der Waals surface area (Å²) in [6.45, 7) is 9.91. The Morgan fingerprint density at radius 1 is 1.21 bits per heavy atom. The van der Waals surface area contributed by atoms with E-state index in [9.17, 15) is 4.79 Å². The number of aromatic nitrogens is 4. The molecule has 4 fully saturated rings. The molecule has 4 heterocycles. The van der Waals surface area contributed by atoms with Crippen LogP contribution in [0.2, 0.25) is 0 Å². The molecule has 3 unspecified atom stereocenters. The molecule has 220 valence electrons. The Labute approximate surface area is 245 Å². The first-order valence-corrected chi connectivity index (χ1v) is 15.5. The van der Waals surface area contributed by atoms with Crippen LogP contribution < -0.4 is 5.32 Å². The molecule has 7 atom stereocenters. The third kappa shape index (κ3) is 3.95. The highest BCUT2D eigenvalue weighted by atomic mass is 31.2. The maximum atomic E-state index is 12.8. The first-order valence-electron chi connectivity index (χ1n) is 14.4. The molecular formula is C29H34N7O5P. The summed E-state index contributed by atoms with van der Waals surface area (Å²) in [5.41, 5.74) is 1.02. The highest BCUT2D eigenvalue weighted by Crippen LogP contribution is 2.95. The molecule has 12 nitrogen and oxygen atoms in total. The van der Waals surface area contributed by atoms with Crippen LogP contribution in [-0.4, -0.2) is 73.7 Å². The molecule has 7 rings (SSSR count). The second-order valence-electron chi connectivity index (χ2n) is 11.9. The van der Waals surface area contributed by atoms with E-state index < -0.39 is 20.4 Å². The Morgan fingerprint density at radius 2 is 2.00 bits per heavy atom. The van der Waals surface area contributed by atoms with Crippen LogP contribution in [0.5, 0.6) is 0 Å². The smallest absolute Gasteiger partial charge is 0.259 e. The maximum absolute atomic E-state index is 12.8. The van der Waals surface area contributed by atoms with Crippen LogP contribution >= 0.6 is 8.53 Å². The van der Waals surface area contributed by atoms with Crippen molar-refractivity contribution in [2.75, 3.05) is 25.1 Å². The number of imidazole rings is 1. The van der Waals surface area contributed by atoms with Crippen molar-refractivity contribution in [1.29, 1.82) is 5.26 Å². The van der Waals surface area contributed by atoms with Crippen molar-refractivity contribution in [2.24, 2.45) is 17.3 Å². The number of anilines is 1. The van der Waals surface area contributed by atoms with Crippen molar-refractivity contribution in [3.8, 4) is 6.07 Å². The second kappa shape index (κ2) is 10.3. The number of nitriles is 1. The summed E-state index contributed by atoms with van der Waals surface area (Å²) in [5, 5.41) is 11.9. The Balaban J connectivity index is 1.12. The van der Waals surface area contributed by atoms with E-state index in [1.165, 1.54) is 6.33 Å². The van der Waals surface area contributed by atoms with Crippen LogP contribution in [0.3, 0.4) is 0 Å². The number of nitrogens with zero attached hydrogens (tertiary/aromatic N) is 6. The standard InChI is InChI=1S/C29H34N7O5P/c1-17(2)36(18(3)4)42(39-12-8-11-30)40-14-28-22-20-13-38-23(29(20,22)28)27(41-28)35-16-33-21-24(31-15-32-25(21)35)34-26(37)19-9-6-5-7-10-19/h5-7,9-10,15-18,20,22-23,27H,8,12-14H2,1-4H3,(H,31,32,34,37)/t20?,22?,23-,27+,28-,29+,42?/m0/s1. The van der Waals surface area contributed by atoms with Gasteiger partial charge in [0, 0.05) is 34.9 Å². The van der Waals surface area contributed by atoms with Crippen molar-refractivity contribution >= 4 is 31.4 Å². The molecule has 2 saturated heterocycles. The van der Waals surface area contributed by atoms with Gasteiger partial charge in [0.1, 0.15) is 18.0 Å². The lowest BCUT2D eigenvalue weighted by Gasteiger charge is -2.37. The number of nitrogens with one attached hydrogen (secondary N) is 1. The minimum absolute atomic E-state index is 0.0835. The number of carbonyl (C=O) groups is 1. The van der Waals surface area contributed by atoms with Gasteiger partial charge in [-0.2, -0.15) is 5.26 Å². The van der Waals surface area contributed by atoms with E-state index in [0.717, 1.165) is 0 Å². The largest absolute Gasteiger partial charge is 0.372 e. The van der Waals surface area contributed by atoms with Crippen molar-refractivity contribution in [2.45, 2.75) is 64.1 Å². The molecule has 1 amide bonds. The number of amides is 1. The molecule has 2 saturated carbocycles. The summed E-state index contributed by atoms with van der Waals surface area (Å²) < 4.78 is 30.0. The van der Waals surface area contributed by atoms with E-state index in [2.05, 4.69) is 58.7 Å². The molecule has 2 aliphatic heterocycles. The van der Waals surface area contributed by atoms with Crippen molar-refractivity contribution in [3.63, 3.8) is 0 Å². The summed E-state index contributed by atoms with van der Waals surface area (Å²) in [7, 11) is -1.38. The zero-order valence-electron chi connectivity index (χ0n) is 24.0. The molecule has 13 heteroatoms. The van der Waals surface area contributed by atoms with Crippen LogP contribution in [0, 0.1) is 28.6 Å². The number of carbonyl (C=O) groups excluding carboxylic acids is 1. The quantitative estimate of drug-likeness (QED) is 0.240. The minimum atomic E-state index is -1.38. The number of rotatable bonds is 12. The zero-order valence-corrected chi connectivity index (χ0v) is 24.9. The first-order chi connectivity index (χ1) is 20.3. The molecule has 0 radical (unpaired) electrons. The van der Waals surface area contributed by atoms with Gasteiger partial charge in [-0.05, 0) is 39.8 Å². The van der Waals surface area contributed by atoms with E-state index >= 15 is 0 Å². The predicted molar refractivity (Wildman–Crippen MR) is 153 cm³/mol. The lowest BCUT2D eigenvalue weighted by atomic mass is 9.93. The number of ether oxygens (including phenoxy) is 2. The van der Waals surface area contributed by atoms with Crippen molar-refractivity contribution < 1.29 is 23.3 Å². The number of fused-ring (bicyclic) bond motifs is 3. The van der Waals surface area contributed by atoms with E-state index in [4.69, 9.17) is 23.8 Å². The summed E-state index contributed by atoms with van der Waals surface area (Å²) in [5.74, 6) is 0.918. The Bertz CT molecular complexity index is 1540. The van der Waals surface area contributed by atoms with Gasteiger partial charge in [-0.15, -0.1) is 0 Å². The molecule has 2 aromatic heterocycles. The third-order valence-electron chi connectivity index (χ3n) is 9.04. The van der Waals surface area contributed by atoms with Crippen LogP contribution in [0.15, 0.2) is 43.0 Å². The third-order valence-corrected chi connectivity index (χ3v) is 11.1. The van der Waals surface area contributed by atoms with Gasteiger partial charge < -0.3 is 23.8 Å². The van der Waals surface area contributed by atoms with Crippen LogP contribution in [0.4, 0.5) is 5.82 Å². The fourth-order valence-corrected chi connectivity index (χ4v) is 9.05. The van der Waals surface area contributed by atoms with Crippen LogP contribution in [0.1, 0.15) is 50.7 Å². The number of benzene rings is 1. The summed E-state index contributed by atoms with van der Waals surface area (Å²) in [6.07, 6.45) is 2.83. The van der Waals surface area contributed by atoms with Gasteiger partial charge in [-0.1, -0.05) is 18.2 Å². The average molecular weight is 592 g/mol. The average Bonchev–Trinajstić information content (AvgIpc) is 3.54. The molecule has 0 bridgehead atoms. The van der Waals surface area contributed by atoms with Crippen molar-refractivity contribution in [3.05, 3.63) is 48.5 Å².